The maximum absolute atomic E-state index is 6.49. The van der Waals surface area contributed by atoms with Crippen LogP contribution in [0.2, 0.25) is 0 Å². The average molecular weight is 677 g/mol. The van der Waals surface area contributed by atoms with E-state index in [0.717, 1.165) is 55.2 Å². The number of nitrogens with zero attached hydrogens (tertiary/aromatic N) is 4. The van der Waals surface area contributed by atoms with Crippen LogP contribution in [0, 0.1) is 0 Å². The predicted molar refractivity (Wildman–Crippen MR) is 218 cm³/mol. The van der Waals surface area contributed by atoms with E-state index in [-0.39, 0.29) is 0 Å². The van der Waals surface area contributed by atoms with Gasteiger partial charge in [0.25, 0.3) is 0 Å². The molecule has 0 N–H and O–H groups in total. The lowest BCUT2D eigenvalue weighted by Crippen LogP contribution is -1.98. The normalized spacial score (nSPS) is 12.2. The number of furan rings is 1. The largest absolute Gasteiger partial charge is 0.436 e. The second-order valence-electron chi connectivity index (χ2n) is 13.8. The maximum atomic E-state index is 6.49. The Labute approximate surface area is 302 Å². The van der Waals surface area contributed by atoms with E-state index in [0.29, 0.717) is 5.71 Å². The van der Waals surface area contributed by atoms with Gasteiger partial charge in [0.2, 0.25) is 5.71 Å². The number of rotatable bonds is 3. The summed E-state index contributed by atoms with van der Waals surface area (Å²) in [5.74, 6) is 0.756. The first-order valence-electron chi connectivity index (χ1n) is 17.9. The minimum atomic E-state index is 0.539. The number of para-hydroxylation sites is 3. The Morgan fingerprint density at radius 3 is 1.60 bits per heavy atom. The van der Waals surface area contributed by atoms with Gasteiger partial charge in [-0.05, 0) is 75.8 Å². The molecule has 5 nitrogen and oxygen atoms in total. The van der Waals surface area contributed by atoms with E-state index in [1.807, 2.05) is 6.20 Å². The first-order chi connectivity index (χ1) is 26.3. The van der Waals surface area contributed by atoms with Crippen molar-refractivity contribution in [3.05, 3.63) is 170 Å². The van der Waals surface area contributed by atoms with Crippen molar-refractivity contribution in [1.29, 1.82) is 0 Å². The van der Waals surface area contributed by atoms with Crippen molar-refractivity contribution in [3.63, 3.8) is 0 Å². The van der Waals surface area contributed by atoms with Crippen LogP contribution >= 0.6 is 0 Å². The van der Waals surface area contributed by atoms with Gasteiger partial charge in [-0.2, -0.15) is 0 Å². The zero-order chi connectivity index (χ0) is 34.6. The van der Waals surface area contributed by atoms with Gasteiger partial charge in [0.1, 0.15) is 11.1 Å². The summed E-state index contributed by atoms with van der Waals surface area (Å²) in [6.07, 6.45) is 1.84. The standard InChI is InChI=1S/C48H28N4O/c1-2-12-31(13-3-1)51-40-20-10-8-16-34(40)38-26-29(22-24-42(38)51)30-23-25-43-39(27-30)35-17-9-11-21-41(35)52(43)44-28-49-48-46(50-44)45-36-18-6-4-14-32(36)33-15-5-7-19-37(33)47(45)53-48/h1-28H. The van der Waals surface area contributed by atoms with Crippen molar-refractivity contribution in [2.24, 2.45) is 0 Å². The molecule has 4 heterocycles. The summed E-state index contributed by atoms with van der Waals surface area (Å²) in [5.41, 5.74) is 10.2. The van der Waals surface area contributed by atoms with Gasteiger partial charge in [-0.3, -0.25) is 4.57 Å². The molecule has 0 atom stereocenters. The molecular formula is C48H28N4O. The van der Waals surface area contributed by atoms with E-state index in [1.165, 1.54) is 49.1 Å². The highest BCUT2D eigenvalue weighted by Crippen LogP contribution is 2.41. The van der Waals surface area contributed by atoms with Crippen molar-refractivity contribution >= 4 is 87.4 Å². The highest BCUT2D eigenvalue weighted by Gasteiger charge is 2.21. The van der Waals surface area contributed by atoms with E-state index in [4.69, 9.17) is 14.4 Å². The van der Waals surface area contributed by atoms with Crippen LogP contribution in [0.15, 0.2) is 174 Å². The Hall–Kier alpha value is -7.24. The zero-order valence-corrected chi connectivity index (χ0v) is 28.4. The quantitative estimate of drug-likeness (QED) is 0.175. The Morgan fingerprint density at radius 2 is 0.925 bits per heavy atom. The molecule has 0 aliphatic rings. The average Bonchev–Trinajstić information content (AvgIpc) is 3.89. The molecule has 5 heteroatoms. The van der Waals surface area contributed by atoms with E-state index in [2.05, 4.69) is 173 Å². The smallest absolute Gasteiger partial charge is 0.246 e. The van der Waals surface area contributed by atoms with E-state index in [1.54, 1.807) is 0 Å². The molecule has 0 amide bonds. The molecule has 0 saturated carbocycles. The van der Waals surface area contributed by atoms with Crippen LogP contribution in [0.1, 0.15) is 0 Å². The van der Waals surface area contributed by atoms with Gasteiger partial charge in [-0.15, -0.1) is 0 Å². The Morgan fingerprint density at radius 1 is 0.415 bits per heavy atom. The molecule has 12 rings (SSSR count). The third-order valence-electron chi connectivity index (χ3n) is 11.0. The van der Waals surface area contributed by atoms with Gasteiger partial charge in [0.05, 0.1) is 33.6 Å². The topological polar surface area (TPSA) is 48.8 Å². The lowest BCUT2D eigenvalue weighted by molar-refractivity contribution is 0.656. The molecule has 8 aromatic carbocycles. The number of benzene rings is 8. The van der Waals surface area contributed by atoms with Gasteiger partial charge in [-0.1, -0.05) is 115 Å². The molecule has 0 aliphatic carbocycles. The van der Waals surface area contributed by atoms with Crippen molar-refractivity contribution in [3.8, 4) is 22.6 Å². The Bertz CT molecular complexity index is 3460. The Balaban J connectivity index is 1.07. The highest BCUT2D eigenvalue weighted by molar-refractivity contribution is 6.29. The lowest BCUT2D eigenvalue weighted by atomic mass is 9.98. The molecule has 4 aromatic heterocycles. The molecule has 0 aliphatic heterocycles. The summed E-state index contributed by atoms with van der Waals surface area (Å²) in [5, 5.41) is 10.3. The fourth-order valence-corrected chi connectivity index (χ4v) is 8.67. The van der Waals surface area contributed by atoms with Gasteiger partial charge < -0.3 is 8.98 Å². The monoisotopic (exact) mass is 676 g/mol. The van der Waals surface area contributed by atoms with Crippen LogP contribution in [-0.4, -0.2) is 19.1 Å². The van der Waals surface area contributed by atoms with E-state index < -0.39 is 0 Å². The van der Waals surface area contributed by atoms with Crippen LogP contribution in [0.5, 0.6) is 0 Å². The number of hydrogen-bond acceptors (Lipinski definition) is 3. The third kappa shape index (κ3) is 3.96. The fourth-order valence-electron chi connectivity index (χ4n) is 8.67. The number of hydrogen-bond donors (Lipinski definition) is 0. The summed E-state index contributed by atoms with van der Waals surface area (Å²) >= 11 is 0. The minimum absolute atomic E-state index is 0.539. The molecule has 0 saturated heterocycles. The van der Waals surface area contributed by atoms with Crippen LogP contribution in [0.25, 0.3) is 110 Å². The zero-order valence-electron chi connectivity index (χ0n) is 28.4. The van der Waals surface area contributed by atoms with Crippen LogP contribution in [0.4, 0.5) is 0 Å². The van der Waals surface area contributed by atoms with E-state index in [9.17, 15) is 0 Å². The van der Waals surface area contributed by atoms with Crippen molar-refractivity contribution in [2.45, 2.75) is 0 Å². The highest BCUT2D eigenvalue weighted by atomic mass is 16.3. The van der Waals surface area contributed by atoms with E-state index >= 15 is 0 Å². The summed E-state index contributed by atoms with van der Waals surface area (Å²) in [7, 11) is 0. The van der Waals surface area contributed by atoms with Crippen LogP contribution < -0.4 is 0 Å². The fraction of sp³-hybridized carbons (Fsp3) is 0. The van der Waals surface area contributed by atoms with Gasteiger partial charge in [-0.25, -0.2) is 9.97 Å². The first kappa shape index (κ1) is 28.5. The molecule has 246 valence electrons. The molecule has 12 aromatic rings. The van der Waals surface area contributed by atoms with Gasteiger partial charge in [0, 0.05) is 32.6 Å². The molecule has 0 fully saturated rings. The van der Waals surface area contributed by atoms with Crippen molar-refractivity contribution in [1.82, 2.24) is 19.1 Å². The van der Waals surface area contributed by atoms with Crippen molar-refractivity contribution < 1.29 is 4.42 Å². The second-order valence-corrected chi connectivity index (χ2v) is 13.8. The summed E-state index contributed by atoms with van der Waals surface area (Å²) in [6, 6.07) is 58.4. The summed E-state index contributed by atoms with van der Waals surface area (Å²) in [6.45, 7) is 0. The molecule has 0 unspecified atom stereocenters. The maximum Gasteiger partial charge on any atom is 0.246 e. The van der Waals surface area contributed by atoms with Gasteiger partial charge >= 0.3 is 0 Å². The predicted octanol–water partition coefficient (Wildman–Crippen LogP) is 12.5. The first-order valence-corrected chi connectivity index (χ1v) is 17.9. The third-order valence-corrected chi connectivity index (χ3v) is 11.0. The molecule has 0 radical (unpaired) electrons. The molecule has 0 spiro atoms. The summed E-state index contributed by atoms with van der Waals surface area (Å²) < 4.78 is 11.1. The Kier molecular flexibility index (Phi) is 5.71. The van der Waals surface area contributed by atoms with Crippen LogP contribution in [0.3, 0.4) is 0 Å². The SMILES string of the molecule is c1ccc(-n2c3ccccc3c3cc(-c4ccc5c(c4)c4ccccc4n5-c4cnc5oc6c7ccccc7c7ccccc7c6c5n4)ccc32)cc1. The number of fused-ring (bicyclic) bond motifs is 14. The summed E-state index contributed by atoms with van der Waals surface area (Å²) in [4.78, 5) is 10.2. The second kappa shape index (κ2) is 10.6. The molecule has 0 bridgehead atoms. The lowest BCUT2D eigenvalue weighted by Gasteiger charge is -2.09. The van der Waals surface area contributed by atoms with Crippen LogP contribution in [-0.2, 0) is 0 Å². The minimum Gasteiger partial charge on any atom is -0.436 e. The molecular weight excluding hydrogens is 649 g/mol. The van der Waals surface area contributed by atoms with Gasteiger partial charge in [0.15, 0.2) is 5.82 Å². The number of aromatic nitrogens is 4. The van der Waals surface area contributed by atoms with Crippen molar-refractivity contribution in [2.75, 3.05) is 0 Å². The molecule has 53 heavy (non-hydrogen) atoms.